The molecule has 0 radical (unpaired) electrons. The first-order valence-corrected chi connectivity index (χ1v) is 5.93. The van der Waals surface area contributed by atoms with E-state index in [1.54, 1.807) is 10.6 Å². The minimum Gasteiger partial charge on any atom is -0.307 e. The Morgan fingerprint density at radius 2 is 2.35 bits per heavy atom. The van der Waals surface area contributed by atoms with E-state index in [0.29, 0.717) is 5.69 Å². The lowest BCUT2D eigenvalue weighted by Crippen LogP contribution is -2.27. The zero-order chi connectivity index (χ0) is 11.7. The highest BCUT2D eigenvalue weighted by atomic mass is 16.1. The van der Waals surface area contributed by atoms with Gasteiger partial charge in [0.2, 0.25) is 0 Å². The second-order valence-electron chi connectivity index (χ2n) is 4.31. The number of aromatic nitrogens is 3. The Labute approximate surface area is 98.9 Å². The molecule has 1 unspecified atom stereocenters. The first-order valence-electron chi connectivity index (χ1n) is 5.93. The topological polar surface area (TPSA) is 59.3 Å². The number of rotatable bonds is 2. The third kappa shape index (κ3) is 1.82. The number of pyridine rings is 1. The van der Waals surface area contributed by atoms with E-state index in [1.807, 2.05) is 12.1 Å². The van der Waals surface area contributed by atoms with Crippen LogP contribution in [0.1, 0.15) is 41.6 Å². The number of nitrogens with zero attached hydrogens (tertiary/aromatic N) is 3. The maximum absolute atomic E-state index is 10.9. The minimum atomic E-state index is 0.225. The molecular weight excluding hydrogens is 216 g/mol. The summed E-state index contributed by atoms with van der Waals surface area (Å²) in [5.41, 5.74) is 1.27. The molecule has 1 fully saturated rings. The lowest BCUT2D eigenvalue weighted by Gasteiger charge is -2.20. The van der Waals surface area contributed by atoms with Crippen LogP contribution in [-0.2, 0) is 0 Å². The van der Waals surface area contributed by atoms with E-state index in [2.05, 4.69) is 15.4 Å². The van der Waals surface area contributed by atoms with Gasteiger partial charge in [0.25, 0.3) is 0 Å². The number of hydrogen-bond acceptors (Lipinski definition) is 4. The van der Waals surface area contributed by atoms with Crippen molar-refractivity contribution in [1.82, 2.24) is 19.9 Å². The first kappa shape index (κ1) is 10.4. The molecule has 2 aromatic rings. The molecule has 3 rings (SSSR count). The van der Waals surface area contributed by atoms with Crippen molar-refractivity contribution in [2.24, 2.45) is 0 Å². The van der Waals surface area contributed by atoms with Gasteiger partial charge < -0.3 is 5.32 Å². The summed E-state index contributed by atoms with van der Waals surface area (Å²) in [6.45, 7) is 1.01. The molecule has 17 heavy (non-hydrogen) atoms. The van der Waals surface area contributed by atoms with Crippen LogP contribution in [0.25, 0.3) is 5.65 Å². The summed E-state index contributed by atoms with van der Waals surface area (Å²) < 4.78 is 1.61. The van der Waals surface area contributed by atoms with E-state index >= 15 is 0 Å². The van der Waals surface area contributed by atoms with Gasteiger partial charge in [0, 0.05) is 0 Å². The Balaban J connectivity index is 2.03. The van der Waals surface area contributed by atoms with E-state index in [1.165, 1.54) is 12.8 Å². The lowest BCUT2D eigenvalue weighted by atomic mass is 10.0. The van der Waals surface area contributed by atoms with Crippen molar-refractivity contribution in [2.45, 2.75) is 25.3 Å². The smallest absolute Gasteiger partial charge is 0.168 e. The normalized spacial score (nSPS) is 20.6. The molecule has 0 spiro atoms. The first-order chi connectivity index (χ1) is 8.38. The number of carbonyl (C=O) groups is 1. The Kier molecular flexibility index (Phi) is 2.60. The van der Waals surface area contributed by atoms with E-state index in [-0.39, 0.29) is 6.04 Å². The van der Waals surface area contributed by atoms with Crippen molar-refractivity contribution < 1.29 is 4.79 Å². The van der Waals surface area contributed by atoms with Gasteiger partial charge in [-0.1, -0.05) is 12.5 Å². The highest BCUT2D eigenvalue weighted by Crippen LogP contribution is 2.20. The average molecular weight is 230 g/mol. The lowest BCUT2D eigenvalue weighted by molar-refractivity contribution is 0.111. The third-order valence-corrected chi connectivity index (χ3v) is 3.15. The molecule has 5 nitrogen and oxygen atoms in total. The minimum absolute atomic E-state index is 0.225. The molecule has 0 aliphatic carbocycles. The van der Waals surface area contributed by atoms with Crippen LogP contribution in [0.5, 0.6) is 0 Å². The Hall–Kier alpha value is -1.75. The van der Waals surface area contributed by atoms with Gasteiger partial charge in [-0.25, -0.2) is 9.50 Å². The molecule has 0 saturated carbocycles. The van der Waals surface area contributed by atoms with Gasteiger partial charge in [-0.2, -0.15) is 0 Å². The highest BCUT2D eigenvalue weighted by Gasteiger charge is 2.19. The van der Waals surface area contributed by atoms with Crippen molar-refractivity contribution in [2.75, 3.05) is 6.54 Å². The van der Waals surface area contributed by atoms with E-state index in [9.17, 15) is 4.79 Å². The fraction of sp³-hybridized carbons (Fsp3) is 0.417. The average Bonchev–Trinajstić information content (AvgIpc) is 2.83. The Bertz CT molecular complexity index is 542. The van der Waals surface area contributed by atoms with Crippen LogP contribution in [0.4, 0.5) is 0 Å². The zero-order valence-corrected chi connectivity index (χ0v) is 9.47. The molecule has 1 aliphatic rings. The zero-order valence-electron chi connectivity index (χ0n) is 9.47. The molecule has 2 aromatic heterocycles. The number of fused-ring (bicyclic) bond motifs is 1. The summed E-state index contributed by atoms with van der Waals surface area (Å²) in [5.74, 6) is 0.791. The third-order valence-electron chi connectivity index (χ3n) is 3.15. The molecule has 1 atom stereocenters. The summed E-state index contributed by atoms with van der Waals surface area (Å²) in [5, 5.41) is 7.83. The molecule has 5 heteroatoms. The molecule has 1 saturated heterocycles. The largest absolute Gasteiger partial charge is 0.307 e. The maximum Gasteiger partial charge on any atom is 0.168 e. The van der Waals surface area contributed by atoms with Crippen molar-refractivity contribution in [1.29, 1.82) is 0 Å². The highest BCUT2D eigenvalue weighted by molar-refractivity contribution is 5.73. The van der Waals surface area contributed by atoms with Crippen molar-refractivity contribution >= 4 is 11.9 Å². The summed E-state index contributed by atoms with van der Waals surface area (Å²) >= 11 is 0. The van der Waals surface area contributed by atoms with E-state index in [4.69, 9.17) is 0 Å². The number of hydrogen-bond donors (Lipinski definition) is 1. The van der Waals surface area contributed by atoms with Crippen molar-refractivity contribution in [3.05, 3.63) is 29.7 Å². The molecule has 0 aromatic carbocycles. The summed E-state index contributed by atoms with van der Waals surface area (Å²) in [6, 6.07) is 5.66. The predicted molar refractivity (Wildman–Crippen MR) is 63.0 cm³/mol. The van der Waals surface area contributed by atoms with Crippen molar-refractivity contribution in [3.8, 4) is 0 Å². The number of aldehydes is 1. The van der Waals surface area contributed by atoms with E-state index in [0.717, 1.165) is 30.7 Å². The van der Waals surface area contributed by atoms with Crippen LogP contribution < -0.4 is 5.32 Å². The van der Waals surface area contributed by atoms with Gasteiger partial charge in [-0.3, -0.25) is 4.79 Å². The standard InChI is InChI=1S/C12H14N4O/c17-8-9-4-3-6-11-14-12(15-16(9)11)10-5-1-2-7-13-10/h3-4,6,8,10,13H,1-2,5,7H2. The SMILES string of the molecule is O=Cc1cccc2nc(C3CCCCN3)nn12. The van der Waals surface area contributed by atoms with Gasteiger partial charge in [0.15, 0.2) is 17.8 Å². The molecule has 3 heterocycles. The second kappa shape index (κ2) is 4.25. The Morgan fingerprint density at radius 3 is 3.12 bits per heavy atom. The van der Waals surface area contributed by atoms with Crippen LogP contribution in [-0.4, -0.2) is 27.4 Å². The van der Waals surface area contributed by atoms with Gasteiger partial charge in [0.1, 0.15) is 5.69 Å². The maximum atomic E-state index is 10.9. The van der Waals surface area contributed by atoms with Crippen LogP contribution in [0.15, 0.2) is 18.2 Å². The van der Waals surface area contributed by atoms with Gasteiger partial charge in [-0.15, -0.1) is 5.10 Å². The fourth-order valence-corrected chi connectivity index (χ4v) is 2.25. The van der Waals surface area contributed by atoms with Crippen LogP contribution in [0, 0.1) is 0 Å². The molecule has 88 valence electrons. The van der Waals surface area contributed by atoms with Gasteiger partial charge >= 0.3 is 0 Å². The molecule has 0 bridgehead atoms. The number of nitrogens with one attached hydrogen (secondary N) is 1. The molecule has 1 N–H and O–H groups in total. The summed E-state index contributed by atoms with van der Waals surface area (Å²) in [7, 11) is 0. The fourth-order valence-electron chi connectivity index (χ4n) is 2.25. The molecule has 0 amide bonds. The van der Waals surface area contributed by atoms with Crippen molar-refractivity contribution in [3.63, 3.8) is 0 Å². The molecular formula is C12H14N4O. The number of piperidine rings is 1. The van der Waals surface area contributed by atoms with Crippen LogP contribution in [0.2, 0.25) is 0 Å². The number of carbonyl (C=O) groups excluding carboxylic acids is 1. The predicted octanol–water partition coefficient (Wildman–Crippen LogP) is 1.36. The Morgan fingerprint density at radius 1 is 1.41 bits per heavy atom. The second-order valence-corrected chi connectivity index (χ2v) is 4.31. The van der Waals surface area contributed by atoms with Gasteiger partial charge in [0.05, 0.1) is 6.04 Å². The molecule has 1 aliphatic heterocycles. The van der Waals surface area contributed by atoms with Crippen LogP contribution >= 0.6 is 0 Å². The van der Waals surface area contributed by atoms with Crippen LogP contribution in [0.3, 0.4) is 0 Å². The summed E-state index contributed by atoms with van der Waals surface area (Å²) in [4.78, 5) is 15.4. The monoisotopic (exact) mass is 230 g/mol. The quantitative estimate of drug-likeness (QED) is 0.791. The summed E-state index contributed by atoms with van der Waals surface area (Å²) in [6.07, 6.45) is 4.28. The van der Waals surface area contributed by atoms with E-state index < -0.39 is 0 Å². The van der Waals surface area contributed by atoms with Gasteiger partial charge in [-0.05, 0) is 31.5 Å².